The highest BCUT2D eigenvalue weighted by Crippen LogP contribution is 2.13. The SMILES string of the molecule is CCc1nc(CC(=O)N2CC[C@@H](N)C2)cs1.Cl.Cl. The summed E-state index contributed by atoms with van der Waals surface area (Å²) in [7, 11) is 0. The summed E-state index contributed by atoms with van der Waals surface area (Å²) in [6.07, 6.45) is 2.28. The first-order valence-electron chi connectivity index (χ1n) is 5.65. The number of amides is 1. The van der Waals surface area contributed by atoms with E-state index in [-0.39, 0.29) is 36.8 Å². The van der Waals surface area contributed by atoms with Gasteiger partial charge in [0.15, 0.2) is 0 Å². The van der Waals surface area contributed by atoms with Crippen molar-refractivity contribution < 1.29 is 4.79 Å². The number of carbonyl (C=O) groups excluding carboxylic acids is 1. The number of hydrogen-bond donors (Lipinski definition) is 1. The quantitative estimate of drug-likeness (QED) is 0.923. The molecular weight excluding hydrogens is 293 g/mol. The van der Waals surface area contributed by atoms with E-state index in [4.69, 9.17) is 5.73 Å². The van der Waals surface area contributed by atoms with E-state index >= 15 is 0 Å². The van der Waals surface area contributed by atoms with Crippen molar-refractivity contribution in [3.05, 3.63) is 16.1 Å². The van der Waals surface area contributed by atoms with Gasteiger partial charge in [0.05, 0.1) is 17.1 Å². The van der Waals surface area contributed by atoms with Gasteiger partial charge in [0.2, 0.25) is 5.91 Å². The first-order valence-corrected chi connectivity index (χ1v) is 6.53. The molecule has 0 aromatic carbocycles. The van der Waals surface area contributed by atoms with E-state index in [2.05, 4.69) is 11.9 Å². The third-order valence-electron chi connectivity index (χ3n) is 2.81. The molecule has 7 heteroatoms. The van der Waals surface area contributed by atoms with Crippen molar-refractivity contribution in [3.8, 4) is 0 Å². The fourth-order valence-electron chi connectivity index (χ4n) is 1.87. The lowest BCUT2D eigenvalue weighted by Gasteiger charge is -2.14. The number of likely N-dealkylation sites (tertiary alicyclic amines) is 1. The zero-order valence-corrected chi connectivity index (χ0v) is 12.7. The van der Waals surface area contributed by atoms with Crippen LogP contribution >= 0.6 is 36.2 Å². The summed E-state index contributed by atoms with van der Waals surface area (Å²) in [5.41, 5.74) is 6.67. The van der Waals surface area contributed by atoms with Crippen LogP contribution in [0.4, 0.5) is 0 Å². The van der Waals surface area contributed by atoms with Gasteiger partial charge in [0, 0.05) is 24.5 Å². The monoisotopic (exact) mass is 311 g/mol. The highest BCUT2D eigenvalue weighted by atomic mass is 35.5. The summed E-state index contributed by atoms with van der Waals surface area (Å²) in [4.78, 5) is 18.1. The van der Waals surface area contributed by atoms with Gasteiger partial charge in [-0.05, 0) is 12.8 Å². The number of hydrogen-bond acceptors (Lipinski definition) is 4. The van der Waals surface area contributed by atoms with E-state index in [1.807, 2.05) is 10.3 Å². The lowest BCUT2D eigenvalue weighted by atomic mass is 10.3. The van der Waals surface area contributed by atoms with Crippen LogP contribution in [0, 0.1) is 0 Å². The molecule has 0 saturated carbocycles. The molecule has 0 radical (unpaired) electrons. The van der Waals surface area contributed by atoms with Gasteiger partial charge in [0.25, 0.3) is 0 Å². The maximum Gasteiger partial charge on any atom is 0.228 e. The standard InChI is InChI=1S/C11H17N3OS.2ClH/c1-2-10-13-9(7-16-10)5-11(15)14-4-3-8(12)6-14;;/h7-8H,2-6,12H2,1H3;2*1H/t8-;;/m1../s1. The topological polar surface area (TPSA) is 59.2 Å². The van der Waals surface area contributed by atoms with Crippen LogP contribution in [0.15, 0.2) is 5.38 Å². The van der Waals surface area contributed by atoms with Crippen molar-refractivity contribution in [3.63, 3.8) is 0 Å². The van der Waals surface area contributed by atoms with Crippen LogP contribution in [0.25, 0.3) is 0 Å². The normalized spacial score (nSPS) is 18.1. The Balaban J connectivity index is 0.00000144. The Hall–Kier alpha value is -0.360. The molecule has 1 saturated heterocycles. The molecular formula is C11H19Cl2N3OS. The average molecular weight is 312 g/mol. The molecule has 1 fully saturated rings. The zero-order valence-electron chi connectivity index (χ0n) is 10.3. The maximum absolute atomic E-state index is 11.9. The number of aryl methyl sites for hydroxylation is 1. The van der Waals surface area contributed by atoms with Crippen molar-refractivity contribution in [1.82, 2.24) is 9.88 Å². The van der Waals surface area contributed by atoms with Crippen LogP contribution in [0.1, 0.15) is 24.0 Å². The fraction of sp³-hybridized carbons (Fsp3) is 0.636. The van der Waals surface area contributed by atoms with Crippen molar-refractivity contribution in [2.24, 2.45) is 5.73 Å². The Morgan fingerprint density at radius 2 is 2.33 bits per heavy atom. The van der Waals surface area contributed by atoms with E-state index in [1.165, 1.54) is 0 Å². The molecule has 4 nitrogen and oxygen atoms in total. The molecule has 1 aromatic rings. The molecule has 104 valence electrons. The third kappa shape index (κ3) is 4.39. The van der Waals surface area contributed by atoms with Gasteiger partial charge >= 0.3 is 0 Å². The zero-order chi connectivity index (χ0) is 11.5. The van der Waals surface area contributed by atoms with Crippen LogP contribution in [0.2, 0.25) is 0 Å². The van der Waals surface area contributed by atoms with Gasteiger partial charge in [0.1, 0.15) is 0 Å². The maximum atomic E-state index is 11.9. The minimum Gasteiger partial charge on any atom is -0.341 e. The summed E-state index contributed by atoms with van der Waals surface area (Å²) < 4.78 is 0. The fourth-order valence-corrected chi connectivity index (χ4v) is 2.62. The second-order valence-electron chi connectivity index (χ2n) is 4.15. The van der Waals surface area contributed by atoms with Crippen LogP contribution in [0.3, 0.4) is 0 Å². The number of thiazole rings is 1. The summed E-state index contributed by atoms with van der Waals surface area (Å²) >= 11 is 1.63. The molecule has 0 spiro atoms. The molecule has 0 aliphatic carbocycles. The Labute approximate surface area is 124 Å². The summed E-state index contributed by atoms with van der Waals surface area (Å²) in [5, 5.41) is 3.08. The second-order valence-corrected chi connectivity index (χ2v) is 5.09. The highest BCUT2D eigenvalue weighted by Gasteiger charge is 2.23. The predicted octanol–water partition coefficient (Wildman–Crippen LogP) is 1.65. The van der Waals surface area contributed by atoms with E-state index in [9.17, 15) is 4.79 Å². The third-order valence-corrected chi connectivity index (χ3v) is 3.85. The Morgan fingerprint density at radius 3 is 2.83 bits per heavy atom. The van der Waals surface area contributed by atoms with Gasteiger partial charge in [-0.3, -0.25) is 4.79 Å². The van der Waals surface area contributed by atoms with Crippen molar-refractivity contribution in [2.45, 2.75) is 32.2 Å². The molecule has 1 atom stereocenters. The van der Waals surface area contributed by atoms with E-state index in [1.54, 1.807) is 11.3 Å². The minimum atomic E-state index is 0. The molecule has 18 heavy (non-hydrogen) atoms. The first-order chi connectivity index (χ1) is 7.69. The van der Waals surface area contributed by atoms with Gasteiger partial charge < -0.3 is 10.6 Å². The number of nitrogens with two attached hydrogens (primary N) is 1. The van der Waals surface area contributed by atoms with Crippen LogP contribution in [-0.2, 0) is 17.6 Å². The Morgan fingerprint density at radius 1 is 1.61 bits per heavy atom. The minimum absolute atomic E-state index is 0. The number of nitrogens with zero attached hydrogens (tertiary/aromatic N) is 2. The van der Waals surface area contributed by atoms with Crippen molar-refractivity contribution in [1.29, 1.82) is 0 Å². The molecule has 1 aromatic heterocycles. The van der Waals surface area contributed by atoms with Crippen molar-refractivity contribution in [2.75, 3.05) is 13.1 Å². The highest BCUT2D eigenvalue weighted by molar-refractivity contribution is 7.09. The number of carbonyl (C=O) groups is 1. The molecule has 1 aliphatic rings. The van der Waals surface area contributed by atoms with Crippen LogP contribution in [0.5, 0.6) is 0 Å². The van der Waals surface area contributed by atoms with E-state index in [0.29, 0.717) is 13.0 Å². The molecule has 1 amide bonds. The average Bonchev–Trinajstić information content (AvgIpc) is 2.87. The second kappa shape index (κ2) is 7.94. The van der Waals surface area contributed by atoms with Crippen LogP contribution in [-0.4, -0.2) is 34.9 Å². The summed E-state index contributed by atoms with van der Waals surface area (Å²) in [5.74, 6) is 0.154. The number of halogens is 2. The smallest absolute Gasteiger partial charge is 0.228 e. The first kappa shape index (κ1) is 17.6. The molecule has 2 heterocycles. The summed E-state index contributed by atoms with van der Waals surface area (Å²) in [6.45, 7) is 3.57. The Kier molecular flexibility index (Phi) is 7.78. The van der Waals surface area contributed by atoms with E-state index in [0.717, 1.165) is 30.1 Å². The molecule has 2 rings (SSSR count). The largest absolute Gasteiger partial charge is 0.341 e. The molecule has 0 bridgehead atoms. The molecule has 0 unspecified atom stereocenters. The van der Waals surface area contributed by atoms with Crippen LogP contribution < -0.4 is 5.73 Å². The predicted molar refractivity (Wildman–Crippen MR) is 78.9 cm³/mol. The molecule has 2 N–H and O–H groups in total. The van der Waals surface area contributed by atoms with Gasteiger partial charge in [-0.2, -0.15) is 0 Å². The Bertz CT molecular complexity index is 386. The number of aromatic nitrogens is 1. The van der Waals surface area contributed by atoms with Gasteiger partial charge in [-0.1, -0.05) is 6.92 Å². The molecule has 1 aliphatic heterocycles. The van der Waals surface area contributed by atoms with Gasteiger partial charge in [-0.15, -0.1) is 36.2 Å². The number of rotatable bonds is 3. The lowest BCUT2D eigenvalue weighted by molar-refractivity contribution is -0.129. The van der Waals surface area contributed by atoms with Crippen molar-refractivity contribution >= 4 is 42.1 Å². The lowest BCUT2D eigenvalue weighted by Crippen LogP contribution is -2.32. The van der Waals surface area contributed by atoms with Gasteiger partial charge in [-0.25, -0.2) is 4.98 Å². The van der Waals surface area contributed by atoms with E-state index < -0.39 is 0 Å². The summed E-state index contributed by atoms with van der Waals surface area (Å²) in [6, 6.07) is 0.158.